The van der Waals surface area contributed by atoms with Crippen molar-refractivity contribution in [1.82, 2.24) is 0 Å². The van der Waals surface area contributed by atoms with Crippen LogP contribution in [-0.2, 0) is 14.3 Å². The first-order valence-corrected chi connectivity index (χ1v) is 7.49. The van der Waals surface area contributed by atoms with Crippen LogP contribution in [0.2, 0.25) is 0 Å². The highest BCUT2D eigenvalue weighted by molar-refractivity contribution is 6.04. The lowest BCUT2D eigenvalue weighted by atomic mass is 10.1. The molecule has 2 rings (SSSR count). The minimum atomic E-state index is -0.659. The van der Waals surface area contributed by atoms with E-state index in [4.69, 9.17) is 0 Å². The summed E-state index contributed by atoms with van der Waals surface area (Å²) in [6, 6.07) is 9.66. The topological polar surface area (TPSA) is 81.7 Å². The molecule has 0 aromatic heterocycles. The van der Waals surface area contributed by atoms with E-state index in [2.05, 4.69) is 14.8 Å². The Hall–Kier alpha value is -3.48. The van der Waals surface area contributed by atoms with Gasteiger partial charge in [0.15, 0.2) is 0 Å². The second-order valence-corrected chi connectivity index (χ2v) is 5.16. The monoisotopic (exact) mass is 357 g/mol. The predicted octanol–water partition coefficient (Wildman–Crippen LogP) is 3.05. The van der Waals surface area contributed by atoms with Crippen LogP contribution in [0.1, 0.15) is 26.3 Å². The average Bonchev–Trinajstić information content (AvgIpc) is 2.65. The zero-order valence-corrected chi connectivity index (χ0v) is 14.1. The van der Waals surface area contributed by atoms with Gasteiger partial charge in [0, 0.05) is 11.8 Å². The molecule has 0 aliphatic heterocycles. The summed E-state index contributed by atoms with van der Waals surface area (Å²) in [5.41, 5.74) is 1.04. The van der Waals surface area contributed by atoms with Crippen LogP contribution in [0.15, 0.2) is 48.5 Å². The summed E-state index contributed by atoms with van der Waals surface area (Å²) in [6.07, 6.45) is 2.75. The Morgan fingerprint density at radius 2 is 1.46 bits per heavy atom. The van der Waals surface area contributed by atoms with Crippen LogP contribution in [0.4, 0.5) is 10.1 Å². The molecule has 1 amide bonds. The third kappa shape index (κ3) is 5.01. The molecule has 0 spiro atoms. The highest BCUT2D eigenvalue weighted by Gasteiger charge is 2.14. The number of hydrogen-bond acceptors (Lipinski definition) is 5. The summed E-state index contributed by atoms with van der Waals surface area (Å²) in [6.45, 7) is 0. The van der Waals surface area contributed by atoms with E-state index in [9.17, 15) is 18.8 Å². The summed E-state index contributed by atoms with van der Waals surface area (Å²) in [7, 11) is 2.41. The number of nitrogens with one attached hydrogen (secondary N) is 1. The van der Waals surface area contributed by atoms with Gasteiger partial charge < -0.3 is 14.8 Å². The maximum absolute atomic E-state index is 12.9. The highest BCUT2D eigenvalue weighted by atomic mass is 19.1. The number of rotatable bonds is 5. The Labute approximate surface area is 149 Å². The minimum absolute atomic E-state index is 0.0909. The highest BCUT2D eigenvalue weighted by Crippen LogP contribution is 2.17. The molecule has 0 fully saturated rings. The zero-order valence-electron chi connectivity index (χ0n) is 14.1. The van der Waals surface area contributed by atoms with Gasteiger partial charge in [-0.2, -0.15) is 0 Å². The average molecular weight is 357 g/mol. The van der Waals surface area contributed by atoms with E-state index in [0.717, 1.165) is 0 Å². The van der Waals surface area contributed by atoms with E-state index in [-0.39, 0.29) is 22.6 Å². The summed E-state index contributed by atoms with van der Waals surface area (Å²) in [5.74, 6) is -2.19. The Morgan fingerprint density at radius 3 is 1.96 bits per heavy atom. The fourth-order valence-corrected chi connectivity index (χ4v) is 2.10. The Morgan fingerprint density at radius 1 is 0.923 bits per heavy atom. The van der Waals surface area contributed by atoms with E-state index in [1.54, 1.807) is 0 Å². The summed E-state index contributed by atoms with van der Waals surface area (Å²) < 4.78 is 22.1. The van der Waals surface area contributed by atoms with E-state index in [1.807, 2.05) is 0 Å². The largest absolute Gasteiger partial charge is 0.465 e. The first-order chi connectivity index (χ1) is 12.4. The number of halogens is 1. The van der Waals surface area contributed by atoms with Gasteiger partial charge in [0.25, 0.3) is 0 Å². The van der Waals surface area contributed by atoms with Crippen LogP contribution < -0.4 is 5.32 Å². The van der Waals surface area contributed by atoms with Gasteiger partial charge in [-0.3, -0.25) is 4.79 Å². The number of carbonyl (C=O) groups is 3. The van der Waals surface area contributed by atoms with Crippen molar-refractivity contribution in [3.05, 3.63) is 71.0 Å². The minimum Gasteiger partial charge on any atom is -0.465 e. The summed E-state index contributed by atoms with van der Waals surface area (Å²) >= 11 is 0. The van der Waals surface area contributed by atoms with Crippen LogP contribution in [0.5, 0.6) is 0 Å². The standard InChI is InChI=1S/C19H16FNO5/c1-25-18(23)13-9-14(19(24)26-2)11-16(10-13)21-17(22)8-5-12-3-6-15(20)7-4-12/h3-11H,1-2H3,(H,21,22)/b8-5+. The number of ether oxygens (including phenoxy) is 2. The van der Waals surface area contributed by atoms with E-state index in [0.29, 0.717) is 5.56 Å². The molecule has 134 valence electrons. The van der Waals surface area contributed by atoms with E-state index < -0.39 is 17.8 Å². The van der Waals surface area contributed by atoms with Crippen molar-refractivity contribution in [2.75, 3.05) is 19.5 Å². The molecule has 0 bridgehead atoms. The Balaban J connectivity index is 2.21. The lowest BCUT2D eigenvalue weighted by Gasteiger charge is -2.08. The number of amides is 1. The van der Waals surface area contributed by atoms with Crippen molar-refractivity contribution >= 4 is 29.6 Å². The number of carbonyl (C=O) groups excluding carboxylic acids is 3. The summed E-state index contributed by atoms with van der Waals surface area (Å²) in [5, 5.41) is 2.55. The molecular weight excluding hydrogens is 341 g/mol. The molecule has 0 aliphatic carbocycles. The van der Waals surface area contributed by atoms with Gasteiger partial charge in [0.1, 0.15) is 5.82 Å². The van der Waals surface area contributed by atoms with Crippen LogP contribution in [0, 0.1) is 5.82 Å². The maximum Gasteiger partial charge on any atom is 0.337 e. The Bertz CT molecular complexity index is 824. The van der Waals surface area contributed by atoms with Gasteiger partial charge in [-0.15, -0.1) is 0 Å². The van der Waals surface area contributed by atoms with E-state index in [1.165, 1.54) is 68.8 Å². The van der Waals surface area contributed by atoms with Gasteiger partial charge in [-0.1, -0.05) is 12.1 Å². The normalized spacial score (nSPS) is 10.4. The second kappa shape index (κ2) is 8.57. The molecule has 6 nitrogen and oxygen atoms in total. The van der Waals surface area contributed by atoms with Crippen LogP contribution in [0.25, 0.3) is 6.08 Å². The Kier molecular flexibility index (Phi) is 6.21. The number of anilines is 1. The first-order valence-electron chi connectivity index (χ1n) is 7.49. The zero-order chi connectivity index (χ0) is 19.1. The fourth-order valence-electron chi connectivity index (χ4n) is 2.10. The number of esters is 2. The molecule has 1 N–H and O–H groups in total. The maximum atomic E-state index is 12.9. The van der Waals surface area contributed by atoms with Crippen molar-refractivity contribution in [2.45, 2.75) is 0 Å². The van der Waals surface area contributed by atoms with Gasteiger partial charge in [0.2, 0.25) is 5.91 Å². The summed E-state index contributed by atoms with van der Waals surface area (Å²) in [4.78, 5) is 35.5. The molecule has 7 heteroatoms. The molecule has 0 aliphatic rings. The predicted molar refractivity (Wildman–Crippen MR) is 93.2 cm³/mol. The van der Waals surface area contributed by atoms with Crippen molar-refractivity contribution in [1.29, 1.82) is 0 Å². The van der Waals surface area contributed by atoms with Crippen molar-refractivity contribution in [2.24, 2.45) is 0 Å². The van der Waals surface area contributed by atoms with Gasteiger partial charge in [-0.25, -0.2) is 14.0 Å². The SMILES string of the molecule is COC(=O)c1cc(NC(=O)/C=C/c2ccc(F)cc2)cc(C(=O)OC)c1. The number of methoxy groups -OCH3 is 2. The number of hydrogen-bond donors (Lipinski definition) is 1. The van der Waals surface area contributed by atoms with E-state index >= 15 is 0 Å². The van der Waals surface area contributed by atoms with Crippen molar-refractivity contribution in [3.8, 4) is 0 Å². The molecule has 0 heterocycles. The molecule has 2 aromatic rings. The molecule has 0 saturated carbocycles. The molecule has 0 radical (unpaired) electrons. The molecule has 0 saturated heterocycles. The lowest BCUT2D eigenvalue weighted by Crippen LogP contribution is -2.12. The quantitative estimate of drug-likeness (QED) is 0.657. The first kappa shape index (κ1) is 18.9. The van der Waals surface area contributed by atoms with Gasteiger partial charge >= 0.3 is 11.9 Å². The second-order valence-electron chi connectivity index (χ2n) is 5.16. The smallest absolute Gasteiger partial charge is 0.337 e. The van der Waals surface area contributed by atoms with Crippen LogP contribution in [-0.4, -0.2) is 32.1 Å². The molecule has 26 heavy (non-hydrogen) atoms. The molecule has 2 aromatic carbocycles. The lowest BCUT2D eigenvalue weighted by molar-refractivity contribution is -0.111. The van der Waals surface area contributed by atoms with Crippen molar-refractivity contribution in [3.63, 3.8) is 0 Å². The van der Waals surface area contributed by atoms with Gasteiger partial charge in [0.05, 0.1) is 25.3 Å². The van der Waals surface area contributed by atoms with Crippen LogP contribution >= 0.6 is 0 Å². The van der Waals surface area contributed by atoms with Gasteiger partial charge in [-0.05, 0) is 42.0 Å². The third-order valence-corrected chi connectivity index (χ3v) is 3.34. The molecular formula is C19H16FNO5. The fraction of sp³-hybridized carbons (Fsp3) is 0.105. The number of benzene rings is 2. The molecule has 0 atom stereocenters. The molecule has 0 unspecified atom stereocenters. The van der Waals surface area contributed by atoms with Crippen LogP contribution in [0.3, 0.4) is 0 Å². The van der Waals surface area contributed by atoms with Crippen molar-refractivity contribution < 1.29 is 28.2 Å². The third-order valence-electron chi connectivity index (χ3n) is 3.34.